The third kappa shape index (κ3) is 3.84. The Morgan fingerprint density at radius 3 is 3.12 bits per heavy atom. The van der Waals surface area contributed by atoms with Gasteiger partial charge in [-0.2, -0.15) is 5.10 Å². The molecule has 0 aliphatic carbocycles. The van der Waals surface area contributed by atoms with E-state index < -0.39 is 0 Å². The fraction of sp³-hybridized carbons (Fsp3) is 0.588. The molecule has 0 amide bonds. The topological polar surface area (TPSA) is 68.0 Å². The van der Waals surface area contributed by atoms with Crippen LogP contribution in [0.1, 0.15) is 31.7 Å². The lowest BCUT2D eigenvalue weighted by Crippen LogP contribution is -2.47. The molecular formula is C17H26N6O. The average Bonchev–Trinajstić information content (AvgIpc) is 3.04. The summed E-state index contributed by atoms with van der Waals surface area (Å²) in [5.41, 5.74) is 1.17. The van der Waals surface area contributed by atoms with Gasteiger partial charge in [0.15, 0.2) is 5.82 Å². The molecule has 3 rings (SSSR count). The lowest BCUT2D eigenvalue weighted by Gasteiger charge is -2.33. The van der Waals surface area contributed by atoms with Crippen LogP contribution in [0.3, 0.4) is 0 Å². The first-order valence-electron chi connectivity index (χ1n) is 8.68. The van der Waals surface area contributed by atoms with Gasteiger partial charge in [-0.25, -0.2) is 4.98 Å². The maximum atomic E-state index is 12.2. The van der Waals surface area contributed by atoms with Crippen molar-refractivity contribution in [2.24, 2.45) is 7.05 Å². The number of hydrogen-bond donors (Lipinski definition) is 1. The minimum atomic E-state index is -0.0287. The lowest BCUT2D eigenvalue weighted by atomic mass is 10.1. The van der Waals surface area contributed by atoms with Gasteiger partial charge in [0.1, 0.15) is 0 Å². The molecule has 0 radical (unpaired) electrons. The molecule has 2 aromatic heterocycles. The van der Waals surface area contributed by atoms with Crippen LogP contribution in [0.25, 0.3) is 0 Å². The summed E-state index contributed by atoms with van der Waals surface area (Å²) in [6.07, 6.45) is 10.7. The van der Waals surface area contributed by atoms with E-state index in [-0.39, 0.29) is 5.56 Å². The van der Waals surface area contributed by atoms with E-state index in [0.717, 1.165) is 45.4 Å². The molecule has 0 aromatic carbocycles. The summed E-state index contributed by atoms with van der Waals surface area (Å²) in [7, 11) is 1.77. The summed E-state index contributed by atoms with van der Waals surface area (Å²) in [5.74, 6) is 0.558. The molecule has 0 saturated carbocycles. The maximum absolute atomic E-state index is 12.2. The van der Waals surface area contributed by atoms with Crippen LogP contribution >= 0.6 is 0 Å². The standard InChI is InChI=1S/C17H26N6O/c1-3-7-23-12-14(11-20-23)10-19-15-5-4-8-22(13-15)16-17(24)21(2)9-6-18-16/h6,9,11-12,15,19H,3-5,7-8,10,13H2,1-2H3/t15-/m0/s1. The minimum Gasteiger partial charge on any atom is -0.350 e. The van der Waals surface area contributed by atoms with E-state index in [4.69, 9.17) is 0 Å². The molecule has 1 saturated heterocycles. The van der Waals surface area contributed by atoms with E-state index in [1.165, 1.54) is 5.56 Å². The van der Waals surface area contributed by atoms with Crippen molar-refractivity contribution in [3.8, 4) is 0 Å². The molecule has 3 heterocycles. The molecule has 1 aliphatic rings. The summed E-state index contributed by atoms with van der Waals surface area (Å²) in [6.45, 7) is 5.62. The van der Waals surface area contributed by atoms with Crippen molar-refractivity contribution in [3.63, 3.8) is 0 Å². The van der Waals surface area contributed by atoms with Crippen molar-refractivity contribution < 1.29 is 0 Å². The van der Waals surface area contributed by atoms with Crippen LogP contribution in [-0.4, -0.2) is 38.5 Å². The lowest BCUT2D eigenvalue weighted by molar-refractivity contribution is 0.419. The summed E-state index contributed by atoms with van der Waals surface area (Å²) < 4.78 is 3.57. The molecule has 1 fully saturated rings. The van der Waals surface area contributed by atoms with Crippen molar-refractivity contribution in [1.29, 1.82) is 0 Å². The predicted molar refractivity (Wildman–Crippen MR) is 94.1 cm³/mol. The molecule has 0 spiro atoms. The highest BCUT2D eigenvalue weighted by atomic mass is 16.1. The van der Waals surface area contributed by atoms with Crippen LogP contribution in [-0.2, 0) is 20.1 Å². The molecule has 1 aliphatic heterocycles. The second-order valence-corrected chi connectivity index (χ2v) is 6.44. The number of rotatable bonds is 6. The Bertz CT molecular complexity index is 722. The van der Waals surface area contributed by atoms with E-state index in [1.807, 2.05) is 10.9 Å². The summed E-state index contributed by atoms with van der Waals surface area (Å²) >= 11 is 0. The molecule has 1 N–H and O–H groups in total. The SMILES string of the molecule is CCCn1cc(CN[C@H]2CCCN(c3nccn(C)c3=O)C2)cn1. The molecule has 0 bridgehead atoms. The second kappa shape index (κ2) is 7.61. The molecule has 24 heavy (non-hydrogen) atoms. The molecule has 7 nitrogen and oxygen atoms in total. The number of hydrogen-bond acceptors (Lipinski definition) is 5. The Morgan fingerprint density at radius 1 is 1.42 bits per heavy atom. The number of aryl methyl sites for hydroxylation is 2. The van der Waals surface area contributed by atoms with Gasteiger partial charge in [-0.05, 0) is 19.3 Å². The first-order chi connectivity index (χ1) is 11.7. The van der Waals surface area contributed by atoms with Gasteiger partial charge < -0.3 is 14.8 Å². The highest BCUT2D eigenvalue weighted by Gasteiger charge is 2.22. The summed E-state index contributed by atoms with van der Waals surface area (Å²) in [6, 6.07) is 0.361. The largest absolute Gasteiger partial charge is 0.350 e. The van der Waals surface area contributed by atoms with E-state index in [0.29, 0.717) is 11.9 Å². The van der Waals surface area contributed by atoms with E-state index >= 15 is 0 Å². The fourth-order valence-corrected chi connectivity index (χ4v) is 3.15. The fourth-order valence-electron chi connectivity index (χ4n) is 3.15. The monoisotopic (exact) mass is 330 g/mol. The Balaban J connectivity index is 1.59. The third-order valence-corrected chi connectivity index (χ3v) is 4.45. The van der Waals surface area contributed by atoms with Crippen molar-refractivity contribution in [1.82, 2.24) is 24.6 Å². The van der Waals surface area contributed by atoms with E-state index in [9.17, 15) is 4.79 Å². The predicted octanol–water partition coefficient (Wildman–Crippen LogP) is 1.15. The number of piperidine rings is 1. The third-order valence-electron chi connectivity index (χ3n) is 4.45. The quantitative estimate of drug-likeness (QED) is 0.860. The van der Waals surface area contributed by atoms with Gasteiger partial charge in [-0.15, -0.1) is 0 Å². The molecule has 1 atom stereocenters. The van der Waals surface area contributed by atoms with Crippen LogP contribution in [0.2, 0.25) is 0 Å². The zero-order valence-corrected chi connectivity index (χ0v) is 14.5. The highest BCUT2D eigenvalue weighted by Crippen LogP contribution is 2.15. The second-order valence-electron chi connectivity index (χ2n) is 6.44. The van der Waals surface area contributed by atoms with Crippen LogP contribution in [0, 0.1) is 0 Å². The van der Waals surface area contributed by atoms with E-state index in [1.54, 1.807) is 24.0 Å². The van der Waals surface area contributed by atoms with Crippen LogP contribution < -0.4 is 15.8 Å². The molecule has 0 unspecified atom stereocenters. The van der Waals surface area contributed by atoms with Crippen molar-refractivity contribution in [2.75, 3.05) is 18.0 Å². The van der Waals surface area contributed by atoms with Crippen molar-refractivity contribution >= 4 is 5.82 Å². The van der Waals surface area contributed by atoms with Gasteiger partial charge in [0.25, 0.3) is 5.56 Å². The molecular weight excluding hydrogens is 304 g/mol. The number of nitrogens with zero attached hydrogens (tertiary/aromatic N) is 5. The molecule has 7 heteroatoms. The van der Waals surface area contributed by atoms with Crippen molar-refractivity contribution in [3.05, 3.63) is 40.7 Å². The maximum Gasteiger partial charge on any atom is 0.293 e. The van der Waals surface area contributed by atoms with Gasteiger partial charge in [0, 0.05) is 63.4 Å². The molecule has 2 aromatic rings. The Hall–Kier alpha value is -2.15. The number of anilines is 1. The normalized spacial score (nSPS) is 18.1. The average molecular weight is 330 g/mol. The van der Waals surface area contributed by atoms with Gasteiger partial charge >= 0.3 is 0 Å². The van der Waals surface area contributed by atoms with Crippen LogP contribution in [0.15, 0.2) is 29.6 Å². The van der Waals surface area contributed by atoms with Crippen LogP contribution in [0.4, 0.5) is 5.82 Å². The van der Waals surface area contributed by atoms with Gasteiger partial charge in [0.2, 0.25) is 0 Å². The minimum absolute atomic E-state index is 0.0287. The highest BCUT2D eigenvalue weighted by molar-refractivity contribution is 5.36. The Kier molecular flexibility index (Phi) is 5.30. The number of nitrogens with one attached hydrogen (secondary N) is 1. The zero-order valence-electron chi connectivity index (χ0n) is 14.5. The zero-order chi connectivity index (χ0) is 16.9. The van der Waals surface area contributed by atoms with Gasteiger partial charge in [-0.3, -0.25) is 9.48 Å². The van der Waals surface area contributed by atoms with Gasteiger partial charge in [0.05, 0.1) is 6.20 Å². The Morgan fingerprint density at radius 2 is 2.29 bits per heavy atom. The Labute approximate surface area is 142 Å². The first-order valence-corrected chi connectivity index (χ1v) is 8.68. The van der Waals surface area contributed by atoms with Crippen LogP contribution in [0.5, 0.6) is 0 Å². The number of aromatic nitrogens is 4. The smallest absolute Gasteiger partial charge is 0.293 e. The summed E-state index contributed by atoms with van der Waals surface area (Å²) in [5, 5.41) is 7.96. The first kappa shape index (κ1) is 16.7. The van der Waals surface area contributed by atoms with Crippen molar-refractivity contribution in [2.45, 2.75) is 45.3 Å². The summed E-state index contributed by atoms with van der Waals surface area (Å²) in [4.78, 5) is 18.6. The van der Waals surface area contributed by atoms with E-state index in [2.05, 4.69) is 33.4 Å². The van der Waals surface area contributed by atoms with Gasteiger partial charge in [-0.1, -0.05) is 6.92 Å². The molecule has 130 valence electrons.